The number of para-hydroxylation sites is 1. The molecule has 6 heteroatoms. The summed E-state index contributed by atoms with van der Waals surface area (Å²) in [6.45, 7) is 4.07. The van der Waals surface area contributed by atoms with Gasteiger partial charge in [-0.05, 0) is 30.9 Å². The lowest BCUT2D eigenvalue weighted by Gasteiger charge is -2.16. The number of anilines is 3. The molecule has 2 aromatic rings. The van der Waals surface area contributed by atoms with Crippen molar-refractivity contribution in [3.63, 3.8) is 0 Å². The predicted molar refractivity (Wildman–Crippen MR) is 91.9 cm³/mol. The van der Waals surface area contributed by atoms with Crippen molar-refractivity contribution in [1.82, 2.24) is 9.97 Å². The van der Waals surface area contributed by atoms with Crippen LogP contribution in [0.25, 0.3) is 0 Å². The highest BCUT2D eigenvalue weighted by molar-refractivity contribution is 5.99. The fraction of sp³-hybridized carbons (Fsp3) is 0.353. The molecule has 6 nitrogen and oxygen atoms in total. The summed E-state index contributed by atoms with van der Waals surface area (Å²) >= 11 is 0. The van der Waals surface area contributed by atoms with E-state index in [4.69, 9.17) is 0 Å². The average Bonchev–Trinajstić information content (AvgIpc) is 3.10. The van der Waals surface area contributed by atoms with Gasteiger partial charge in [-0.15, -0.1) is 0 Å². The van der Waals surface area contributed by atoms with Crippen LogP contribution in [0.1, 0.15) is 25.3 Å². The highest BCUT2D eigenvalue weighted by atomic mass is 16.2. The average molecular weight is 311 g/mol. The Labute approximate surface area is 135 Å². The zero-order valence-corrected chi connectivity index (χ0v) is 13.2. The van der Waals surface area contributed by atoms with Crippen molar-refractivity contribution >= 4 is 23.4 Å². The maximum absolute atomic E-state index is 12.2. The molecule has 0 atom stereocenters. The molecule has 1 fully saturated rings. The van der Waals surface area contributed by atoms with Gasteiger partial charge >= 0.3 is 6.03 Å². The van der Waals surface area contributed by atoms with Gasteiger partial charge in [-0.1, -0.05) is 25.1 Å². The second-order valence-electron chi connectivity index (χ2n) is 5.55. The maximum atomic E-state index is 12.2. The largest absolute Gasteiger partial charge is 0.356 e. The van der Waals surface area contributed by atoms with Gasteiger partial charge in [0.15, 0.2) is 0 Å². The smallest absolute Gasteiger partial charge is 0.324 e. The summed E-state index contributed by atoms with van der Waals surface area (Å²) in [6, 6.07) is 9.30. The third kappa shape index (κ3) is 3.77. The summed E-state index contributed by atoms with van der Waals surface area (Å²) in [4.78, 5) is 22.8. The van der Waals surface area contributed by atoms with E-state index in [1.54, 1.807) is 0 Å². The third-order valence-electron chi connectivity index (χ3n) is 3.97. The van der Waals surface area contributed by atoms with E-state index in [-0.39, 0.29) is 6.03 Å². The Balaban J connectivity index is 1.67. The highest BCUT2D eigenvalue weighted by Crippen LogP contribution is 2.20. The molecule has 0 bridgehead atoms. The standard InChI is InChI=1S/C17H21N5O/c1-2-13-7-3-4-8-14(13)20-17(23)21-15-11-16(19-12-18-15)22-9-5-6-10-22/h3-4,7-8,11-12H,2,5-6,9-10H2,1H3,(H2,18,19,20,21,23). The van der Waals surface area contributed by atoms with Crippen molar-refractivity contribution < 1.29 is 4.79 Å². The summed E-state index contributed by atoms with van der Waals surface area (Å²) in [5.74, 6) is 1.37. The van der Waals surface area contributed by atoms with E-state index in [1.807, 2.05) is 30.3 Å². The number of hydrogen-bond acceptors (Lipinski definition) is 4. The molecule has 2 heterocycles. The number of nitrogens with one attached hydrogen (secondary N) is 2. The van der Waals surface area contributed by atoms with E-state index in [0.29, 0.717) is 5.82 Å². The van der Waals surface area contributed by atoms with Crippen LogP contribution in [0.4, 0.5) is 22.1 Å². The van der Waals surface area contributed by atoms with E-state index in [0.717, 1.165) is 36.6 Å². The minimum Gasteiger partial charge on any atom is -0.356 e. The lowest BCUT2D eigenvalue weighted by atomic mass is 10.1. The number of urea groups is 1. The molecule has 3 rings (SSSR count). The molecule has 1 aliphatic heterocycles. The first-order valence-electron chi connectivity index (χ1n) is 7.99. The van der Waals surface area contributed by atoms with Crippen molar-refractivity contribution in [2.75, 3.05) is 28.6 Å². The minimum absolute atomic E-state index is 0.294. The Kier molecular flexibility index (Phi) is 4.71. The monoisotopic (exact) mass is 311 g/mol. The molecule has 120 valence electrons. The minimum atomic E-state index is -0.294. The van der Waals surface area contributed by atoms with E-state index in [2.05, 4.69) is 32.4 Å². The van der Waals surface area contributed by atoms with Crippen molar-refractivity contribution in [1.29, 1.82) is 0 Å². The number of hydrogen-bond donors (Lipinski definition) is 2. The lowest BCUT2D eigenvalue weighted by molar-refractivity contribution is 0.262. The van der Waals surface area contributed by atoms with Crippen LogP contribution in [0.15, 0.2) is 36.7 Å². The molecule has 1 aromatic carbocycles. The Morgan fingerprint density at radius 2 is 1.96 bits per heavy atom. The van der Waals surface area contributed by atoms with Crippen LogP contribution in [0.3, 0.4) is 0 Å². The van der Waals surface area contributed by atoms with Gasteiger partial charge in [-0.25, -0.2) is 14.8 Å². The van der Waals surface area contributed by atoms with Crippen molar-refractivity contribution in [2.45, 2.75) is 26.2 Å². The Morgan fingerprint density at radius 1 is 1.17 bits per heavy atom. The first kappa shape index (κ1) is 15.3. The molecule has 1 saturated heterocycles. The Bertz CT molecular complexity index is 682. The van der Waals surface area contributed by atoms with E-state index in [1.165, 1.54) is 19.2 Å². The SMILES string of the molecule is CCc1ccccc1NC(=O)Nc1cc(N2CCCC2)ncn1. The summed E-state index contributed by atoms with van der Waals surface area (Å²) in [7, 11) is 0. The van der Waals surface area contributed by atoms with Crippen LogP contribution in [0.2, 0.25) is 0 Å². The van der Waals surface area contributed by atoms with Crippen molar-refractivity contribution in [3.8, 4) is 0 Å². The van der Waals surface area contributed by atoms with Gasteiger partial charge in [0.05, 0.1) is 0 Å². The number of rotatable bonds is 4. The van der Waals surface area contributed by atoms with Gasteiger partial charge in [0, 0.05) is 24.8 Å². The third-order valence-corrected chi connectivity index (χ3v) is 3.97. The predicted octanol–water partition coefficient (Wildman–Crippen LogP) is 3.28. The summed E-state index contributed by atoms with van der Waals surface area (Å²) in [5, 5.41) is 5.65. The number of aryl methyl sites for hydroxylation is 1. The topological polar surface area (TPSA) is 70.2 Å². The van der Waals surface area contributed by atoms with Gasteiger partial charge in [0.2, 0.25) is 0 Å². The van der Waals surface area contributed by atoms with Gasteiger partial charge in [0.25, 0.3) is 0 Å². The number of carbonyl (C=O) groups is 1. The molecular formula is C17H21N5O. The quantitative estimate of drug-likeness (QED) is 0.909. The number of nitrogens with zero attached hydrogens (tertiary/aromatic N) is 3. The molecular weight excluding hydrogens is 290 g/mol. The van der Waals surface area contributed by atoms with Gasteiger partial charge in [0.1, 0.15) is 18.0 Å². The molecule has 0 unspecified atom stereocenters. The second kappa shape index (κ2) is 7.09. The van der Waals surface area contributed by atoms with Crippen LogP contribution in [0.5, 0.6) is 0 Å². The maximum Gasteiger partial charge on any atom is 0.324 e. The Hall–Kier alpha value is -2.63. The van der Waals surface area contributed by atoms with Crippen LogP contribution in [-0.4, -0.2) is 29.1 Å². The second-order valence-corrected chi connectivity index (χ2v) is 5.55. The molecule has 0 spiro atoms. The van der Waals surface area contributed by atoms with Crippen LogP contribution in [0, 0.1) is 0 Å². The Morgan fingerprint density at radius 3 is 2.74 bits per heavy atom. The lowest BCUT2D eigenvalue weighted by Crippen LogP contribution is -2.22. The number of benzene rings is 1. The van der Waals surface area contributed by atoms with E-state index in [9.17, 15) is 4.79 Å². The summed E-state index contributed by atoms with van der Waals surface area (Å²) in [5.41, 5.74) is 1.92. The fourth-order valence-electron chi connectivity index (χ4n) is 2.76. The zero-order chi connectivity index (χ0) is 16.1. The number of amides is 2. The van der Waals surface area contributed by atoms with Crippen LogP contribution >= 0.6 is 0 Å². The summed E-state index contributed by atoms with van der Waals surface area (Å²) in [6.07, 6.45) is 4.72. The molecule has 0 saturated carbocycles. The molecule has 2 N–H and O–H groups in total. The molecule has 0 aliphatic carbocycles. The molecule has 0 radical (unpaired) electrons. The van der Waals surface area contributed by atoms with E-state index >= 15 is 0 Å². The van der Waals surface area contributed by atoms with Crippen LogP contribution in [-0.2, 0) is 6.42 Å². The normalized spacial score (nSPS) is 13.9. The molecule has 1 aromatic heterocycles. The summed E-state index contributed by atoms with van der Waals surface area (Å²) < 4.78 is 0. The van der Waals surface area contributed by atoms with Gasteiger partial charge < -0.3 is 10.2 Å². The molecule has 2 amide bonds. The first-order chi connectivity index (χ1) is 11.3. The molecule has 1 aliphatic rings. The number of carbonyl (C=O) groups excluding carboxylic acids is 1. The fourth-order valence-corrected chi connectivity index (χ4v) is 2.76. The molecule has 23 heavy (non-hydrogen) atoms. The zero-order valence-electron chi connectivity index (χ0n) is 13.2. The highest BCUT2D eigenvalue weighted by Gasteiger charge is 2.14. The van der Waals surface area contributed by atoms with Crippen molar-refractivity contribution in [3.05, 3.63) is 42.2 Å². The van der Waals surface area contributed by atoms with Crippen LogP contribution < -0.4 is 15.5 Å². The first-order valence-corrected chi connectivity index (χ1v) is 7.99. The van der Waals surface area contributed by atoms with Gasteiger partial charge in [-0.2, -0.15) is 0 Å². The van der Waals surface area contributed by atoms with Crippen molar-refractivity contribution in [2.24, 2.45) is 0 Å². The van der Waals surface area contributed by atoms with E-state index < -0.39 is 0 Å². The number of aromatic nitrogens is 2. The van der Waals surface area contributed by atoms with Gasteiger partial charge in [-0.3, -0.25) is 5.32 Å².